The van der Waals surface area contributed by atoms with Gasteiger partial charge in [-0.15, -0.1) is 0 Å². The first kappa shape index (κ1) is 17.1. The molecule has 0 aliphatic rings. The van der Waals surface area contributed by atoms with Crippen LogP contribution in [-0.2, 0) is 21.1 Å². The summed E-state index contributed by atoms with van der Waals surface area (Å²) >= 11 is 0. The summed E-state index contributed by atoms with van der Waals surface area (Å²) in [4.78, 5) is 16.2. The van der Waals surface area contributed by atoms with Crippen molar-refractivity contribution in [3.63, 3.8) is 0 Å². The lowest BCUT2D eigenvalue weighted by molar-refractivity contribution is 0.0466. The van der Waals surface area contributed by atoms with E-state index in [4.69, 9.17) is 4.74 Å². The minimum absolute atomic E-state index is 0.163. The highest BCUT2D eigenvalue weighted by Gasteiger charge is 2.11. The molecule has 23 heavy (non-hydrogen) atoms. The number of benzene rings is 1. The Morgan fingerprint density at radius 1 is 1.09 bits per heavy atom. The number of carbonyl (C=O) groups excluding carboxylic acids is 1. The van der Waals surface area contributed by atoms with Crippen LogP contribution in [0.3, 0.4) is 0 Å². The molecule has 0 saturated heterocycles. The van der Waals surface area contributed by atoms with Crippen LogP contribution in [0.1, 0.15) is 29.9 Å². The molecule has 0 radical (unpaired) electrons. The van der Waals surface area contributed by atoms with Crippen molar-refractivity contribution in [1.82, 2.24) is 4.98 Å². The van der Waals surface area contributed by atoms with E-state index in [2.05, 4.69) is 9.35 Å². The summed E-state index contributed by atoms with van der Waals surface area (Å²) in [5.41, 5.74) is 1.07. The zero-order valence-electron chi connectivity index (χ0n) is 13.3. The first-order chi connectivity index (χ1) is 11.1. The van der Waals surface area contributed by atoms with Gasteiger partial charge in [-0.1, -0.05) is 50.2 Å². The van der Waals surface area contributed by atoms with Crippen LogP contribution < -0.4 is 0 Å². The van der Waals surface area contributed by atoms with E-state index in [0.29, 0.717) is 17.3 Å². The molecule has 0 amide bonds. The molecule has 1 aromatic heterocycles. The molecular formula is C17H20N2O3S. The molecule has 2 rings (SSSR count). The molecule has 0 fully saturated rings. The molecule has 0 aliphatic heterocycles. The van der Waals surface area contributed by atoms with E-state index in [1.165, 1.54) is 0 Å². The number of esters is 1. The van der Waals surface area contributed by atoms with E-state index >= 15 is 0 Å². The Kier molecular flexibility index (Phi) is 5.87. The van der Waals surface area contributed by atoms with Gasteiger partial charge in [-0.3, -0.25) is 0 Å². The Balaban J connectivity index is 2.13. The molecular weight excluding hydrogens is 312 g/mol. The second-order valence-corrected chi connectivity index (χ2v) is 7.77. The van der Waals surface area contributed by atoms with E-state index in [1.54, 1.807) is 18.2 Å². The van der Waals surface area contributed by atoms with Gasteiger partial charge in [-0.05, 0) is 17.7 Å². The summed E-state index contributed by atoms with van der Waals surface area (Å²) < 4.78 is 21.8. The van der Waals surface area contributed by atoms with Gasteiger partial charge in [0.1, 0.15) is 6.61 Å². The topological polar surface area (TPSA) is 68.6 Å². The van der Waals surface area contributed by atoms with Crippen molar-refractivity contribution in [2.45, 2.75) is 20.5 Å². The molecule has 0 unspecified atom stereocenters. The van der Waals surface area contributed by atoms with Crippen molar-refractivity contribution in [3.8, 4) is 0 Å². The summed E-state index contributed by atoms with van der Waals surface area (Å²) in [5, 5.41) is 0. The standard InChI is InChI=1S/C17H20N2O3S/c1-3-23(21,4-2)19-16-12-8-11-15(18-16)17(20)22-13-14-9-6-5-7-10-14/h5-12H,3-4,13H2,1-2H3. The normalized spacial score (nSPS) is 11.0. The van der Waals surface area contributed by atoms with Crippen LogP contribution in [-0.4, -0.2) is 26.7 Å². The summed E-state index contributed by atoms with van der Waals surface area (Å²) in [6, 6.07) is 14.3. The third kappa shape index (κ3) is 4.89. The number of carbonyl (C=O) groups is 1. The maximum atomic E-state index is 12.4. The van der Waals surface area contributed by atoms with Crippen molar-refractivity contribution >= 4 is 21.5 Å². The Labute approximate surface area is 136 Å². The van der Waals surface area contributed by atoms with Gasteiger partial charge in [0.05, 0.1) is 9.73 Å². The van der Waals surface area contributed by atoms with E-state index < -0.39 is 15.7 Å². The zero-order valence-corrected chi connectivity index (χ0v) is 14.1. The Bertz CT molecular complexity index is 771. The number of nitrogens with zero attached hydrogens (tertiary/aromatic N) is 2. The number of aromatic nitrogens is 1. The minimum Gasteiger partial charge on any atom is -0.456 e. The molecule has 6 heteroatoms. The highest BCUT2D eigenvalue weighted by molar-refractivity contribution is 7.93. The third-order valence-electron chi connectivity index (χ3n) is 3.32. The molecule has 0 atom stereocenters. The fraction of sp³-hybridized carbons (Fsp3) is 0.294. The van der Waals surface area contributed by atoms with E-state index in [9.17, 15) is 9.00 Å². The summed E-state index contributed by atoms with van der Waals surface area (Å²) in [6.07, 6.45) is 0. The van der Waals surface area contributed by atoms with Gasteiger partial charge in [0, 0.05) is 11.5 Å². The smallest absolute Gasteiger partial charge is 0.357 e. The van der Waals surface area contributed by atoms with Gasteiger partial charge in [0.2, 0.25) is 0 Å². The van der Waals surface area contributed by atoms with Gasteiger partial charge in [0.15, 0.2) is 11.5 Å². The molecule has 1 aromatic carbocycles. The summed E-state index contributed by atoms with van der Waals surface area (Å²) in [5.74, 6) is 0.681. The number of rotatable bonds is 6. The molecule has 0 bridgehead atoms. The van der Waals surface area contributed by atoms with Crippen molar-refractivity contribution in [1.29, 1.82) is 0 Å². The molecule has 0 aliphatic carbocycles. The maximum absolute atomic E-state index is 12.4. The second kappa shape index (κ2) is 7.87. The fourth-order valence-corrected chi connectivity index (χ4v) is 3.00. The lowest BCUT2D eigenvalue weighted by Gasteiger charge is -2.06. The predicted molar refractivity (Wildman–Crippen MR) is 91.1 cm³/mol. The molecule has 2 aromatic rings. The second-order valence-electron chi connectivity index (χ2n) is 4.88. The van der Waals surface area contributed by atoms with Crippen LogP contribution in [0, 0.1) is 0 Å². The van der Waals surface area contributed by atoms with Crippen molar-refractivity contribution in [2.75, 3.05) is 11.5 Å². The van der Waals surface area contributed by atoms with Crippen LogP contribution in [0.2, 0.25) is 0 Å². The highest BCUT2D eigenvalue weighted by atomic mass is 32.2. The Hall–Kier alpha value is -2.21. The molecule has 122 valence electrons. The van der Waals surface area contributed by atoms with E-state index in [0.717, 1.165) is 5.56 Å². The first-order valence-electron chi connectivity index (χ1n) is 7.47. The molecule has 0 spiro atoms. The van der Waals surface area contributed by atoms with Gasteiger partial charge in [-0.2, -0.15) is 4.36 Å². The number of pyridine rings is 1. The van der Waals surface area contributed by atoms with Crippen molar-refractivity contribution in [2.24, 2.45) is 4.36 Å². The molecule has 0 N–H and O–H groups in total. The predicted octanol–water partition coefficient (Wildman–Crippen LogP) is 3.58. The van der Waals surface area contributed by atoms with Gasteiger partial charge in [0.25, 0.3) is 0 Å². The number of ether oxygens (including phenoxy) is 1. The van der Waals surface area contributed by atoms with Gasteiger partial charge >= 0.3 is 5.97 Å². The number of hydrogen-bond donors (Lipinski definition) is 0. The van der Waals surface area contributed by atoms with Crippen LogP contribution in [0.15, 0.2) is 52.9 Å². The third-order valence-corrected chi connectivity index (χ3v) is 5.64. The fourth-order valence-electron chi connectivity index (χ4n) is 1.89. The van der Waals surface area contributed by atoms with Crippen molar-refractivity contribution < 1.29 is 13.7 Å². The van der Waals surface area contributed by atoms with Crippen LogP contribution in [0.5, 0.6) is 0 Å². The average Bonchev–Trinajstić information content (AvgIpc) is 2.60. The quantitative estimate of drug-likeness (QED) is 0.758. The maximum Gasteiger partial charge on any atom is 0.357 e. The van der Waals surface area contributed by atoms with Crippen LogP contribution >= 0.6 is 0 Å². The lowest BCUT2D eigenvalue weighted by Crippen LogP contribution is -2.08. The monoisotopic (exact) mass is 332 g/mol. The van der Waals surface area contributed by atoms with Gasteiger partial charge in [-0.25, -0.2) is 14.0 Å². The zero-order chi connectivity index (χ0) is 16.7. The average molecular weight is 332 g/mol. The Morgan fingerprint density at radius 2 is 1.78 bits per heavy atom. The van der Waals surface area contributed by atoms with E-state index in [-0.39, 0.29) is 12.3 Å². The highest BCUT2D eigenvalue weighted by Crippen LogP contribution is 2.14. The van der Waals surface area contributed by atoms with E-state index in [1.807, 2.05) is 44.2 Å². The molecule has 5 nitrogen and oxygen atoms in total. The SMILES string of the molecule is CCS(=O)(CC)=Nc1cccc(C(=O)OCc2ccccc2)n1. The molecule has 1 heterocycles. The van der Waals surface area contributed by atoms with Crippen LogP contribution in [0.25, 0.3) is 0 Å². The number of hydrogen-bond acceptors (Lipinski definition) is 5. The summed E-state index contributed by atoms with van der Waals surface area (Å²) in [7, 11) is -2.31. The largest absolute Gasteiger partial charge is 0.456 e. The van der Waals surface area contributed by atoms with Gasteiger partial charge < -0.3 is 4.74 Å². The molecule has 0 saturated carbocycles. The first-order valence-corrected chi connectivity index (χ1v) is 9.32. The van der Waals surface area contributed by atoms with Crippen LogP contribution in [0.4, 0.5) is 5.82 Å². The lowest BCUT2D eigenvalue weighted by atomic mass is 10.2. The summed E-state index contributed by atoms with van der Waals surface area (Å²) in [6.45, 7) is 3.84. The van der Waals surface area contributed by atoms with Crippen molar-refractivity contribution in [3.05, 3.63) is 59.8 Å². The Morgan fingerprint density at radius 3 is 2.43 bits per heavy atom. The minimum atomic E-state index is -2.31.